The van der Waals surface area contributed by atoms with Gasteiger partial charge in [-0.2, -0.15) is 0 Å². The molecule has 0 aliphatic rings. The Labute approximate surface area is 87.4 Å². The van der Waals surface area contributed by atoms with Crippen LogP contribution in [0.1, 0.15) is 0 Å². The Balaban J connectivity index is 2.45. The lowest BCUT2D eigenvalue weighted by atomic mass is 10.3. The van der Waals surface area contributed by atoms with Gasteiger partial charge in [0.05, 0.1) is 0 Å². The number of thioether (sulfide) groups is 1. The Kier molecular flexibility index (Phi) is 4.65. The summed E-state index contributed by atoms with van der Waals surface area (Å²) in [6, 6.07) is 6.46. The number of hydrogen-bond acceptors (Lipinski definition) is 3. The molecule has 1 unspecified atom stereocenters. The molecule has 0 saturated carbocycles. The van der Waals surface area contributed by atoms with Gasteiger partial charge < -0.3 is 0 Å². The third-order valence-electron chi connectivity index (χ3n) is 1.74. The maximum Gasteiger partial charge on any atom is 0.123 e. The summed E-state index contributed by atoms with van der Waals surface area (Å²) in [4.78, 5) is 1.02. The molecular formula is C10H13FN2S. The van der Waals surface area contributed by atoms with Crippen molar-refractivity contribution >= 4 is 11.8 Å². The molecule has 0 aliphatic heterocycles. The number of benzene rings is 1. The molecule has 0 bridgehead atoms. The van der Waals surface area contributed by atoms with Crippen molar-refractivity contribution in [2.75, 3.05) is 5.75 Å². The average Bonchev–Trinajstić information content (AvgIpc) is 2.22. The van der Waals surface area contributed by atoms with Gasteiger partial charge in [0, 0.05) is 16.7 Å². The lowest BCUT2D eigenvalue weighted by molar-refractivity contribution is 0.626. The maximum atomic E-state index is 12.6. The topological polar surface area (TPSA) is 38.0 Å². The fraction of sp³-hybridized carbons (Fsp3) is 0.200. The summed E-state index contributed by atoms with van der Waals surface area (Å²) >= 11 is 1.61. The van der Waals surface area contributed by atoms with Crippen molar-refractivity contribution < 1.29 is 4.39 Å². The molecule has 4 heteroatoms. The van der Waals surface area contributed by atoms with Gasteiger partial charge >= 0.3 is 0 Å². The Morgan fingerprint density at radius 3 is 2.64 bits per heavy atom. The molecule has 0 radical (unpaired) electrons. The van der Waals surface area contributed by atoms with Crippen LogP contribution in [0.5, 0.6) is 0 Å². The summed E-state index contributed by atoms with van der Waals surface area (Å²) in [6.45, 7) is 3.64. The van der Waals surface area contributed by atoms with Gasteiger partial charge in [-0.15, -0.1) is 18.3 Å². The first-order chi connectivity index (χ1) is 6.76. The SMILES string of the molecule is C=CC(CSc1ccc(F)cc1)NN. The second kappa shape index (κ2) is 5.80. The zero-order chi connectivity index (χ0) is 10.4. The smallest absolute Gasteiger partial charge is 0.123 e. The lowest BCUT2D eigenvalue weighted by Gasteiger charge is -2.09. The normalized spacial score (nSPS) is 12.4. The standard InChI is InChI=1S/C10H13FN2S/c1-2-9(13-12)7-14-10-5-3-8(11)4-6-10/h2-6,9,13H,1,7,12H2. The molecule has 0 saturated heterocycles. The van der Waals surface area contributed by atoms with E-state index in [0.717, 1.165) is 10.6 Å². The lowest BCUT2D eigenvalue weighted by Crippen LogP contribution is -2.35. The van der Waals surface area contributed by atoms with E-state index in [0.29, 0.717) is 0 Å². The van der Waals surface area contributed by atoms with Crippen molar-refractivity contribution in [3.63, 3.8) is 0 Å². The van der Waals surface area contributed by atoms with Crippen molar-refractivity contribution in [2.45, 2.75) is 10.9 Å². The van der Waals surface area contributed by atoms with Gasteiger partial charge in [-0.05, 0) is 24.3 Å². The minimum Gasteiger partial charge on any atom is -0.271 e. The van der Waals surface area contributed by atoms with E-state index < -0.39 is 0 Å². The Morgan fingerprint density at radius 1 is 1.50 bits per heavy atom. The zero-order valence-corrected chi connectivity index (χ0v) is 8.56. The molecule has 1 atom stereocenters. The van der Waals surface area contributed by atoms with E-state index in [1.807, 2.05) is 0 Å². The third kappa shape index (κ3) is 3.49. The monoisotopic (exact) mass is 212 g/mol. The summed E-state index contributed by atoms with van der Waals surface area (Å²) in [7, 11) is 0. The number of rotatable bonds is 5. The molecule has 0 spiro atoms. The second-order valence-electron chi connectivity index (χ2n) is 2.77. The van der Waals surface area contributed by atoms with E-state index in [4.69, 9.17) is 5.84 Å². The molecule has 0 aliphatic carbocycles. The molecule has 1 aromatic carbocycles. The first-order valence-corrected chi connectivity index (χ1v) is 5.22. The van der Waals surface area contributed by atoms with Crippen molar-refractivity contribution in [3.05, 3.63) is 42.7 Å². The number of halogens is 1. The van der Waals surface area contributed by atoms with Crippen molar-refractivity contribution in [1.82, 2.24) is 5.43 Å². The predicted octanol–water partition coefficient (Wildman–Crippen LogP) is 1.94. The van der Waals surface area contributed by atoms with E-state index >= 15 is 0 Å². The van der Waals surface area contributed by atoms with Gasteiger partial charge in [-0.3, -0.25) is 11.3 Å². The number of nitrogens with one attached hydrogen (secondary N) is 1. The highest BCUT2D eigenvalue weighted by Crippen LogP contribution is 2.18. The van der Waals surface area contributed by atoms with Gasteiger partial charge in [0.15, 0.2) is 0 Å². The van der Waals surface area contributed by atoms with Crippen LogP contribution in [0.4, 0.5) is 4.39 Å². The summed E-state index contributed by atoms with van der Waals surface area (Å²) in [6.07, 6.45) is 1.75. The van der Waals surface area contributed by atoms with Crippen LogP contribution >= 0.6 is 11.8 Å². The van der Waals surface area contributed by atoms with Crippen molar-refractivity contribution in [3.8, 4) is 0 Å². The van der Waals surface area contributed by atoms with E-state index in [-0.39, 0.29) is 11.9 Å². The molecular weight excluding hydrogens is 199 g/mol. The highest BCUT2D eigenvalue weighted by atomic mass is 32.2. The molecule has 76 valence electrons. The van der Waals surface area contributed by atoms with Crippen LogP contribution < -0.4 is 11.3 Å². The van der Waals surface area contributed by atoms with Crippen LogP contribution in [-0.4, -0.2) is 11.8 Å². The van der Waals surface area contributed by atoms with E-state index in [2.05, 4.69) is 12.0 Å². The first-order valence-electron chi connectivity index (χ1n) is 4.23. The van der Waals surface area contributed by atoms with Crippen molar-refractivity contribution in [2.24, 2.45) is 5.84 Å². The largest absolute Gasteiger partial charge is 0.271 e. The van der Waals surface area contributed by atoms with E-state index in [9.17, 15) is 4.39 Å². The number of hydrogen-bond donors (Lipinski definition) is 2. The molecule has 0 heterocycles. The van der Waals surface area contributed by atoms with Gasteiger partial charge in [0.1, 0.15) is 5.82 Å². The molecule has 2 nitrogen and oxygen atoms in total. The minimum absolute atomic E-state index is 0.0741. The van der Waals surface area contributed by atoms with Gasteiger partial charge in [-0.25, -0.2) is 4.39 Å². The average molecular weight is 212 g/mol. The van der Waals surface area contributed by atoms with Crippen LogP contribution in [0.15, 0.2) is 41.8 Å². The molecule has 3 N–H and O–H groups in total. The Morgan fingerprint density at radius 2 is 2.14 bits per heavy atom. The van der Waals surface area contributed by atoms with Gasteiger partial charge in [-0.1, -0.05) is 6.08 Å². The highest BCUT2D eigenvalue weighted by molar-refractivity contribution is 7.99. The minimum atomic E-state index is -0.216. The third-order valence-corrected chi connectivity index (χ3v) is 2.87. The predicted molar refractivity (Wildman–Crippen MR) is 58.4 cm³/mol. The molecule has 1 aromatic rings. The number of hydrazine groups is 1. The summed E-state index contributed by atoms with van der Waals surface area (Å²) in [5.74, 6) is 5.84. The first kappa shape index (κ1) is 11.2. The Bertz CT molecular complexity index is 287. The van der Waals surface area contributed by atoms with E-state index in [1.165, 1.54) is 12.1 Å². The molecule has 0 aromatic heterocycles. The quantitative estimate of drug-likeness (QED) is 0.339. The fourth-order valence-electron chi connectivity index (χ4n) is 0.901. The highest BCUT2D eigenvalue weighted by Gasteiger charge is 2.01. The van der Waals surface area contributed by atoms with E-state index in [1.54, 1.807) is 30.0 Å². The maximum absolute atomic E-state index is 12.6. The molecule has 1 rings (SSSR count). The van der Waals surface area contributed by atoms with Crippen LogP contribution in [0.2, 0.25) is 0 Å². The zero-order valence-electron chi connectivity index (χ0n) is 7.74. The summed E-state index contributed by atoms with van der Waals surface area (Å²) in [5.41, 5.74) is 2.62. The number of nitrogens with two attached hydrogens (primary N) is 1. The van der Waals surface area contributed by atoms with Crippen LogP contribution in [0.25, 0.3) is 0 Å². The summed E-state index contributed by atoms with van der Waals surface area (Å²) < 4.78 is 12.6. The van der Waals surface area contributed by atoms with Crippen LogP contribution in [0, 0.1) is 5.82 Å². The van der Waals surface area contributed by atoms with Crippen LogP contribution in [0.3, 0.4) is 0 Å². The molecule has 0 amide bonds. The molecule has 14 heavy (non-hydrogen) atoms. The Hall–Kier alpha value is -0.840. The fourth-order valence-corrected chi connectivity index (χ4v) is 1.83. The van der Waals surface area contributed by atoms with Crippen molar-refractivity contribution in [1.29, 1.82) is 0 Å². The van der Waals surface area contributed by atoms with Gasteiger partial charge in [0.25, 0.3) is 0 Å². The molecule has 0 fully saturated rings. The summed E-state index contributed by atoms with van der Waals surface area (Å²) in [5, 5.41) is 0. The second-order valence-corrected chi connectivity index (χ2v) is 3.87. The van der Waals surface area contributed by atoms with Gasteiger partial charge in [0.2, 0.25) is 0 Å². The van der Waals surface area contributed by atoms with Crippen LogP contribution in [-0.2, 0) is 0 Å².